The van der Waals surface area contributed by atoms with Gasteiger partial charge in [0, 0.05) is 15.7 Å². The molecule has 0 aromatic heterocycles. The summed E-state index contributed by atoms with van der Waals surface area (Å²) in [4.78, 5) is 11.8. The van der Waals surface area contributed by atoms with Crippen LogP contribution in [0.1, 0.15) is 0 Å². The lowest BCUT2D eigenvalue weighted by Crippen LogP contribution is -2.20. The van der Waals surface area contributed by atoms with Crippen molar-refractivity contribution in [2.45, 2.75) is 0 Å². The van der Waals surface area contributed by atoms with Gasteiger partial charge in [-0.3, -0.25) is 0 Å². The number of rotatable bonds is 2. The fourth-order valence-corrected chi connectivity index (χ4v) is 2.07. The van der Waals surface area contributed by atoms with Gasteiger partial charge >= 0.3 is 6.03 Å². The highest BCUT2D eigenvalue weighted by atomic mass is 35.5. The van der Waals surface area contributed by atoms with Crippen molar-refractivity contribution >= 4 is 46.3 Å². The maximum Gasteiger partial charge on any atom is 0.323 e. The molecule has 0 aliphatic rings. The van der Waals surface area contributed by atoms with E-state index in [1.54, 1.807) is 0 Å². The standard InChI is InChI=1S/C13H10Cl2FN3O/c14-7-3-8(15)5-10(4-7)18-13(20)19-12-6-9(16)1-2-11(12)17/h1-6H,17H2,(H2,18,19,20). The van der Waals surface area contributed by atoms with Gasteiger partial charge in [-0.1, -0.05) is 23.2 Å². The number of hydrogen-bond donors (Lipinski definition) is 3. The molecule has 0 aliphatic carbocycles. The first-order valence-electron chi connectivity index (χ1n) is 5.53. The monoisotopic (exact) mass is 313 g/mol. The molecule has 4 N–H and O–H groups in total. The van der Waals surface area contributed by atoms with Crippen molar-refractivity contribution in [3.8, 4) is 0 Å². The number of nitrogens with one attached hydrogen (secondary N) is 2. The number of nitrogens with two attached hydrogens (primary N) is 1. The van der Waals surface area contributed by atoms with E-state index in [9.17, 15) is 9.18 Å². The molecule has 0 spiro atoms. The molecule has 0 bridgehead atoms. The van der Waals surface area contributed by atoms with Gasteiger partial charge in [0.25, 0.3) is 0 Å². The van der Waals surface area contributed by atoms with Crippen LogP contribution in [0.25, 0.3) is 0 Å². The van der Waals surface area contributed by atoms with Crippen LogP contribution < -0.4 is 16.4 Å². The van der Waals surface area contributed by atoms with Gasteiger partial charge in [0.2, 0.25) is 0 Å². The molecule has 7 heteroatoms. The number of amides is 2. The molecule has 0 fully saturated rings. The van der Waals surface area contributed by atoms with Crippen LogP contribution >= 0.6 is 23.2 Å². The summed E-state index contributed by atoms with van der Waals surface area (Å²) in [5, 5.41) is 5.73. The molecule has 2 aromatic carbocycles. The molecule has 0 saturated carbocycles. The quantitative estimate of drug-likeness (QED) is 0.721. The number of halogens is 3. The van der Waals surface area contributed by atoms with E-state index in [4.69, 9.17) is 28.9 Å². The minimum Gasteiger partial charge on any atom is -0.397 e. The maximum atomic E-state index is 13.1. The third-order valence-corrected chi connectivity index (χ3v) is 2.82. The number of hydrogen-bond acceptors (Lipinski definition) is 2. The molecule has 0 unspecified atom stereocenters. The highest BCUT2D eigenvalue weighted by molar-refractivity contribution is 6.35. The summed E-state index contributed by atoms with van der Waals surface area (Å²) < 4.78 is 13.1. The normalized spacial score (nSPS) is 10.2. The second-order valence-electron chi connectivity index (χ2n) is 3.97. The largest absolute Gasteiger partial charge is 0.397 e. The van der Waals surface area contributed by atoms with Gasteiger partial charge in [0.15, 0.2) is 0 Å². The zero-order valence-corrected chi connectivity index (χ0v) is 11.6. The second kappa shape index (κ2) is 5.98. The summed E-state index contributed by atoms with van der Waals surface area (Å²) in [6, 6.07) is 7.71. The Bertz CT molecular complexity index is 644. The van der Waals surface area contributed by atoms with Gasteiger partial charge in [-0.25, -0.2) is 9.18 Å². The minimum atomic E-state index is -0.583. The number of anilines is 3. The van der Waals surface area contributed by atoms with E-state index in [1.807, 2.05) is 0 Å². The van der Waals surface area contributed by atoms with Gasteiger partial charge in [0.1, 0.15) is 5.82 Å². The summed E-state index contributed by atoms with van der Waals surface area (Å²) in [6.45, 7) is 0. The predicted molar refractivity (Wildman–Crippen MR) is 79.9 cm³/mol. The Kier molecular flexibility index (Phi) is 4.32. The fourth-order valence-electron chi connectivity index (χ4n) is 1.55. The lowest BCUT2D eigenvalue weighted by molar-refractivity contribution is 0.262. The van der Waals surface area contributed by atoms with Gasteiger partial charge in [0.05, 0.1) is 11.4 Å². The average Bonchev–Trinajstić information content (AvgIpc) is 2.32. The van der Waals surface area contributed by atoms with Crippen LogP contribution in [-0.2, 0) is 0 Å². The van der Waals surface area contributed by atoms with Crippen molar-refractivity contribution in [1.82, 2.24) is 0 Å². The molecular formula is C13H10Cl2FN3O. The van der Waals surface area contributed by atoms with Crippen molar-refractivity contribution in [2.75, 3.05) is 16.4 Å². The molecule has 0 atom stereocenters. The lowest BCUT2D eigenvalue weighted by atomic mass is 10.2. The van der Waals surface area contributed by atoms with Crippen molar-refractivity contribution in [3.05, 3.63) is 52.3 Å². The van der Waals surface area contributed by atoms with Crippen LogP contribution in [0.2, 0.25) is 10.0 Å². The van der Waals surface area contributed by atoms with Gasteiger partial charge < -0.3 is 16.4 Å². The first-order valence-corrected chi connectivity index (χ1v) is 6.29. The Morgan fingerprint density at radius 2 is 1.70 bits per heavy atom. The van der Waals surface area contributed by atoms with E-state index in [1.165, 1.54) is 30.3 Å². The van der Waals surface area contributed by atoms with Crippen molar-refractivity contribution in [1.29, 1.82) is 0 Å². The van der Waals surface area contributed by atoms with E-state index in [0.29, 0.717) is 15.7 Å². The molecule has 0 heterocycles. The molecule has 2 rings (SSSR count). The molecule has 2 amide bonds. The molecule has 2 aromatic rings. The summed E-state index contributed by atoms with van der Waals surface area (Å²) in [6.07, 6.45) is 0. The molecule has 104 valence electrons. The van der Waals surface area contributed by atoms with Crippen molar-refractivity contribution in [2.24, 2.45) is 0 Å². The molecule has 20 heavy (non-hydrogen) atoms. The Hall–Kier alpha value is -1.98. The van der Waals surface area contributed by atoms with Crippen molar-refractivity contribution < 1.29 is 9.18 Å². The van der Waals surface area contributed by atoms with Crippen LogP contribution in [0, 0.1) is 5.82 Å². The first-order chi connectivity index (χ1) is 9.44. The second-order valence-corrected chi connectivity index (χ2v) is 4.84. The first kappa shape index (κ1) is 14.4. The zero-order valence-electron chi connectivity index (χ0n) is 10.1. The predicted octanol–water partition coefficient (Wildman–Crippen LogP) is 4.36. The van der Waals surface area contributed by atoms with E-state index >= 15 is 0 Å². The van der Waals surface area contributed by atoms with Gasteiger partial charge in [-0.05, 0) is 36.4 Å². The van der Waals surface area contributed by atoms with Crippen LogP contribution in [0.4, 0.5) is 26.2 Å². The molecule has 0 saturated heterocycles. The highest BCUT2D eigenvalue weighted by Gasteiger charge is 2.07. The number of urea groups is 1. The van der Waals surface area contributed by atoms with E-state index in [0.717, 1.165) is 6.07 Å². The Morgan fingerprint density at radius 3 is 2.35 bits per heavy atom. The van der Waals surface area contributed by atoms with Gasteiger partial charge in [-0.2, -0.15) is 0 Å². The van der Waals surface area contributed by atoms with Crippen LogP contribution in [-0.4, -0.2) is 6.03 Å². The molecule has 0 aliphatic heterocycles. The zero-order chi connectivity index (χ0) is 14.7. The number of carbonyl (C=O) groups is 1. The topological polar surface area (TPSA) is 67.1 Å². The molecular weight excluding hydrogens is 304 g/mol. The highest BCUT2D eigenvalue weighted by Crippen LogP contribution is 2.23. The van der Waals surface area contributed by atoms with Crippen LogP contribution in [0.3, 0.4) is 0 Å². The molecule has 0 radical (unpaired) electrons. The maximum absolute atomic E-state index is 13.1. The SMILES string of the molecule is Nc1ccc(F)cc1NC(=O)Nc1cc(Cl)cc(Cl)c1. The summed E-state index contributed by atoms with van der Waals surface area (Å²) in [7, 11) is 0. The number of benzene rings is 2. The van der Waals surface area contributed by atoms with E-state index in [-0.39, 0.29) is 11.4 Å². The van der Waals surface area contributed by atoms with E-state index < -0.39 is 11.8 Å². The third kappa shape index (κ3) is 3.76. The van der Waals surface area contributed by atoms with Gasteiger partial charge in [-0.15, -0.1) is 0 Å². The fraction of sp³-hybridized carbons (Fsp3) is 0. The van der Waals surface area contributed by atoms with Crippen LogP contribution in [0.15, 0.2) is 36.4 Å². The van der Waals surface area contributed by atoms with Crippen LogP contribution in [0.5, 0.6) is 0 Å². The summed E-state index contributed by atoms with van der Waals surface area (Å²) >= 11 is 11.6. The Morgan fingerprint density at radius 1 is 1.05 bits per heavy atom. The number of carbonyl (C=O) groups excluding carboxylic acids is 1. The number of nitrogen functional groups attached to an aromatic ring is 1. The lowest BCUT2D eigenvalue weighted by Gasteiger charge is -2.10. The minimum absolute atomic E-state index is 0.177. The summed E-state index contributed by atoms with van der Waals surface area (Å²) in [5.74, 6) is -0.500. The summed E-state index contributed by atoms with van der Waals surface area (Å²) in [5.41, 5.74) is 6.47. The average molecular weight is 314 g/mol. The van der Waals surface area contributed by atoms with E-state index in [2.05, 4.69) is 10.6 Å². The Balaban J connectivity index is 2.11. The van der Waals surface area contributed by atoms with Crippen molar-refractivity contribution in [3.63, 3.8) is 0 Å². The smallest absolute Gasteiger partial charge is 0.323 e. The third-order valence-electron chi connectivity index (χ3n) is 2.38. The Labute approximate surface area is 124 Å². The molecule has 4 nitrogen and oxygen atoms in total.